The number of hydrogen-bond donors (Lipinski definition) is 1. The smallest absolute Gasteiger partial charge is 0.263 e. The summed E-state index contributed by atoms with van der Waals surface area (Å²) in [5, 5.41) is 4.31. The molecule has 0 aliphatic carbocycles. The third kappa shape index (κ3) is 3.44. The number of anilines is 1. The second-order valence-electron chi connectivity index (χ2n) is 6.30. The van der Waals surface area contributed by atoms with E-state index in [1.165, 1.54) is 0 Å². The van der Waals surface area contributed by atoms with Crippen LogP contribution in [-0.2, 0) is 15.4 Å². The van der Waals surface area contributed by atoms with Crippen molar-refractivity contribution < 1.29 is 12.9 Å². The van der Waals surface area contributed by atoms with Crippen molar-refractivity contribution in [1.29, 1.82) is 0 Å². The van der Waals surface area contributed by atoms with Crippen LogP contribution in [0.3, 0.4) is 0 Å². The van der Waals surface area contributed by atoms with Crippen LogP contribution in [0.5, 0.6) is 0 Å². The van der Waals surface area contributed by atoms with Gasteiger partial charge in [0.15, 0.2) is 5.82 Å². The predicted molar refractivity (Wildman–Crippen MR) is 86.9 cm³/mol. The first-order valence-corrected chi connectivity index (χ1v) is 8.63. The Kier molecular flexibility index (Phi) is 4.28. The Labute approximate surface area is 135 Å². The standard InChI is InChI=1S/C15H19ClN2O3S/c1-9-7-12(10(2)6-11(9)16)22(19,20)18-14-8-13(21-17-14)15(3,4)5/h6-8H,1-5H3,(H,17,18). The molecule has 0 radical (unpaired) electrons. The molecule has 0 spiro atoms. The molecule has 120 valence electrons. The van der Waals surface area contributed by atoms with Crippen LogP contribution in [0.25, 0.3) is 0 Å². The number of sulfonamides is 1. The van der Waals surface area contributed by atoms with Gasteiger partial charge in [-0.25, -0.2) is 8.42 Å². The van der Waals surface area contributed by atoms with Gasteiger partial charge in [-0.2, -0.15) is 0 Å². The minimum absolute atomic E-state index is 0.164. The average Bonchev–Trinajstić information content (AvgIpc) is 2.81. The van der Waals surface area contributed by atoms with Gasteiger partial charge in [0.1, 0.15) is 5.76 Å². The summed E-state index contributed by atoms with van der Waals surface area (Å²) in [5.74, 6) is 0.770. The maximum atomic E-state index is 12.5. The summed E-state index contributed by atoms with van der Waals surface area (Å²) >= 11 is 6.01. The molecule has 0 fully saturated rings. The minimum atomic E-state index is -3.75. The molecule has 0 aliphatic rings. The molecule has 7 heteroatoms. The molecule has 0 saturated heterocycles. The summed E-state index contributed by atoms with van der Waals surface area (Å²) in [7, 11) is -3.75. The number of nitrogens with one attached hydrogen (secondary N) is 1. The second-order valence-corrected chi connectivity index (χ2v) is 8.36. The van der Waals surface area contributed by atoms with E-state index in [9.17, 15) is 8.42 Å². The van der Waals surface area contributed by atoms with Crippen molar-refractivity contribution in [2.24, 2.45) is 0 Å². The molecule has 0 bridgehead atoms. The minimum Gasteiger partial charge on any atom is -0.359 e. The number of rotatable bonds is 3. The molecular formula is C15H19ClN2O3S. The lowest BCUT2D eigenvalue weighted by atomic mass is 9.93. The molecule has 22 heavy (non-hydrogen) atoms. The predicted octanol–water partition coefficient (Wildman–Crippen LogP) is 4.04. The molecule has 1 aromatic carbocycles. The largest absolute Gasteiger partial charge is 0.359 e. The highest BCUT2D eigenvalue weighted by Gasteiger charge is 2.23. The van der Waals surface area contributed by atoms with Gasteiger partial charge in [0.05, 0.1) is 4.90 Å². The Morgan fingerprint density at radius 3 is 2.32 bits per heavy atom. The molecule has 0 aliphatic heterocycles. The number of benzene rings is 1. The SMILES string of the molecule is Cc1cc(S(=O)(=O)Nc2cc(C(C)(C)C)on2)c(C)cc1Cl. The van der Waals surface area contributed by atoms with Crippen LogP contribution in [0.1, 0.15) is 37.7 Å². The highest BCUT2D eigenvalue weighted by Crippen LogP contribution is 2.28. The van der Waals surface area contributed by atoms with E-state index in [1.54, 1.807) is 32.0 Å². The number of halogens is 1. The van der Waals surface area contributed by atoms with Gasteiger partial charge < -0.3 is 4.52 Å². The molecule has 1 heterocycles. The van der Waals surface area contributed by atoms with E-state index in [4.69, 9.17) is 16.1 Å². The molecule has 0 amide bonds. The van der Waals surface area contributed by atoms with Crippen LogP contribution in [0.2, 0.25) is 5.02 Å². The fourth-order valence-corrected chi connectivity index (χ4v) is 3.43. The fraction of sp³-hybridized carbons (Fsp3) is 0.400. The van der Waals surface area contributed by atoms with E-state index in [1.807, 2.05) is 20.8 Å². The van der Waals surface area contributed by atoms with Crippen molar-refractivity contribution in [3.63, 3.8) is 0 Å². The van der Waals surface area contributed by atoms with Gasteiger partial charge in [-0.15, -0.1) is 0 Å². The Hall–Kier alpha value is -1.53. The summed E-state index contributed by atoms with van der Waals surface area (Å²) < 4.78 is 32.6. The van der Waals surface area contributed by atoms with E-state index >= 15 is 0 Å². The topological polar surface area (TPSA) is 72.2 Å². The van der Waals surface area contributed by atoms with Crippen molar-refractivity contribution in [2.45, 2.75) is 44.9 Å². The van der Waals surface area contributed by atoms with Crippen molar-refractivity contribution in [2.75, 3.05) is 4.72 Å². The Balaban J connectivity index is 2.36. The van der Waals surface area contributed by atoms with Crippen molar-refractivity contribution >= 4 is 27.4 Å². The second kappa shape index (κ2) is 5.59. The van der Waals surface area contributed by atoms with E-state index in [0.29, 0.717) is 21.9 Å². The lowest BCUT2D eigenvalue weighted by Gasteiger charge is -2.12. The zero-order valence-electron chi connectivity index (χ0n) is 13.2. The van der Waals surface area contributed by atoms with E-state index < -0.39 is 10.0 Å². The first kappa shape index (κ1) is 16.8. The summed E-state index contributed by atoms with van der Waals surface area (Å²) in [4.78, 5) is 0.176. The van der Waals surface area contributed by atoms with Gasteiger partial charge in [-0.05, 0) is 37.1 Å². The molecule has 1 N–H and O–H groups in total. The number of nitrogens with zero attached hydrogens (tertiary/aromatic N) is 1. The van der Waals surface area contributed by atoms with Gasteiger partial charge in [-0.1, -0.05) is 37.5 Å². The molecule has 0 saturated carbocycles. The molecule has 2 rings (SSSR count). The zero-order chi connectivity index (χ0) is 16.7. The summed E-state index contributed by atoms with van der Waals surface area (Å²) in [6.07, 6.45) is 0. The molecule has 5 nitrogen and oxygen atoms in total. The first-order chi connectivity index (χ1) is 10.0. The summed E-state index contributed by atoms with van der Waals surface area (Å²) in [5.41, 5.74) is 1.02. The number of aromatic nitrogens is 1. The van der Waals surface area contributed by atoms with Gasteiger partial charge in [0.25, 0.3) is 10.0 Å². The van der Waals surface area contributed by atoms with Crippen LogP contribution in [0, 0.1) is 13.8 Å². The lowest BCUT2D eigenvalue weighted by Crippen LogP contribution is -2.15. The molecule has 1 aromatic heterocycles. The van der Waals surface area contributed by atoms with E-state index in [0.717, 1.165) is 0 Å². The van der Waals surface area contributed by atoms with E-state index in [2.05, 4.69) is 9.88 Å². The zero-order valence-corrected chi connectivity index (χ0v) is 14.8. The molecule has 0 atom stereocenters. The lowest BCUT2D eigenvalue weighted by molar-refractivity contribution is 0.331. The third-order valence-corrected chi connectivity index (χ3v) is 5.14. The summed E-state index contributed by atoms with van der Waals surface area (Å²) in [6.45, 7) is 9.33. The molecule has 2 aromatic rings. The van der Waals surface area contributed by atoms with Crippen molar-refractivity contribution in [3.8, 4) is 0 Å². The normalized spacial score (nSPS) is 12.5. The van der Waals surface area contributed by atoms with Crippen LogP contribution in [0.15, 0.2) is 27.6 Å². The van der Waals surface area contributed by atoms with Gasteiger partial charge >= 0.3 is 0 Å². The number of hydrogen-bond acceptors (Lipinski definition) is 4. The monoisotopic (exact) mass is 342 g/mol. The van der Waals surface area contributed by atoms with Gasteiger partial charge in [-0.3, -0.25) is 4.72 Å². The van der Waals surface area contributed by atoms with Crippen LogP contribution in [0.4, 0.5) is 5.82 Å². The first-order valence-electron chi connectivity index (χ1n) is 6.77. The maximum absolute atomic E-state index is 12.5. The van der Waals surface area contributed by atoms with Gasteiger partial charge in [0, 0.05) is 16.5 Å². The maximum Gasteiger partial charge on any atom is 0.263 e. The highest BCUT2D eigenvalue weighted by atomic mass is 35.5. The fourth-order valence-electron chi connectivity index (χ4n) is 1.91. The highest BCUT2D eigenvalue weighted by molar-refractivity contribution is 7.92. The van der Waals surface area contributed by atoms with Crippen molar-refractivity contribution in [3.05, 3.63) is 40.1 Å². The summed E-state index contributed by atoms with van der Waals surface area (Å²) in [6, 6.07) is 4.77. The van der Waals surface area contributed by atoms with Crippen molar-refractivity contribution in [1.82, 2.24) is 5.16 Å². The molecule has 0 unspecified atom stereocenters. The quantitative estimate of drug-likeness (QED) is 0.913. The van der Waals surface area contributed by atoms with Crippen LogP contribution in [-0.4, -0.2) is 13.6 Å². The average molecular weight is 343 g/mol. The van der Waals surface area contributed by atoms with Gasteiger partial charge in [0.2, 0.25) is 0 Å². The Morgan fingerprint density at radius 2 is 1.77 bits per heavy atom. The van der Waals surface area contributed by atoms with Crippen LogP contribution < -0.4 is 4.72 Å². The molecular weight excluding hydrogens is 324 g/mol. The number of aryl methyl sites for hydroxylation is 2. The Morgan fingerprint density at radius 1 is 1.14 bits per heavy atom. The van der Waals surface area contributed by atoms with Crippen LogP contribution >= 0.6 is 11.6 Å². The Bertz CT molecular complexity index is 805. The third-order valence-electron chi connectivity index (χ3n) is 3.23. The van der Waals surface area contributed by atoms with E-state index in [-0.39, 0.29) is 16.1 Å².